The second-order valence-corrected chi connectivity index (χ2v) is 6.51. The number of anilines is 2. The van der Waals surface area contributed by atoms with Crippen LogP contribution in [-0.2, 0) is 4.79 Å². The van der Waals surface area contributed by atoms with Crippen LogP contribution in [0.2, 0.25) is 0 Å². The van der Waals surface area contributed by atoms with E-state index in [0.717, 1.165) is 42.1 Å². The molecule has 1 aromatic heterocycles. The third-order valence-corrected chi connectivity index (χ3v) is 4.51. The molecular formula is C19H24N4O2. The number of aromatic nitrogens is 2. The fraction of sp³-hybridized carbons (Fsp3) is 0.421. The quantitative estimate of drug-likeness (QED) is 0.927. The van der Waals surface area contributed by atoms with Crippen LogP contribution in [0.4, 0.5) is 11.5 Å². The van der Waals surface area contributed by atoms with Gasteiger partial charge < -0.3 is 15.0 Å². The summed E-state index contributed by atoms with van der Waals surface area (Å²) in [4.78, 5) is 14.9. The minimum absolute atomic E-state index is 0.0219. The molecule has 0 spiro atoms. The van der Waals surface area contributed by atoms with E-state index in [1.807, 2.05) is 44.2 Å². The number of piperidine rings is 1. The van der Waals surface area contributed by atoms with E-state index in [2.05, 4.69) is 20.4 Å². The van der Waals surface area contributed by atoms with Crippen molar-refractivity contribution in [3.63, 3.8) is 0 Å². The first kappa shape index (κ1) is 17.2. The predicted molar refractivity (Wildman–Crippen MR) is 98.1 cm³/mol. The largest absolute Gasteiger partial charge is 0.495 e. The lowest BCUT2D eigenvalue weighted by Gasteiger charge is -2.32. The number of benzene rings is 1. The van der Waals surface area contributed by atoms with Crippen LogP contribution in [0, 0.1) is 19.8 Å². The summed E-state index contributed by atoms with van der Waals surface area (Å²) in [5, 5.41) is 11.4. The second kappa shape index (κ2) is 7.51. The molecule has 25 heavy (non-hydrogen) atoms. The standard InChI is InChI=1S/C19H24N4O2/c1-13-6-8-17(25-3)16(11-13)20-19(24)15-5-4-10-23(12-15)18-9-7-14(2)21-22-18/h6-9,11,15H,4-5,10,12H2,1-3H3,(H,20,24). The van der Waals surface area contributed by atoms with Crippen molar-refractivity contribution in [1.29, 1.82) is 0 Å². The molecule has 1 N–H and O–H groups in total. The van der Waals surface area contributed by atoms with Crippen LogP contribution >= 0.6 is 0 Å². The molecular weight excluding hydrogens is 316 g/mol. The Balaban J connectivity index is 1.70. The third kappa shape index (κ3) is 4.07. The van der Waals surface area contributed by atoms with E-state index in [1.165, 1.54) is 0 Å². The molecule has 1 saturated heterocycles. The van der Waals surface area contributed by atoms with Crippen LogP contribution in [0.25, 0.3) is 0 Å². The van der Waals surface area contributed by atoms with Crippen LogP contribution in [0.3, 0.4) is 0 Å². The number of nitrogens with zero attached hydrogens (tertiary/aromatic N) is 3. The number of carbonyl (C=O) groups excluding carboxylic acids is 1. The number of carbonyl (C=O) groups is 1. The Hall–Kier alpha value is -2.63. The smallest absolute Gasteiger partial charge is 0.229 e. The maximum absolute atomic E-state index is 12.7. The Morgan fingerprint density at radius 1 is 1.24 bits per heavy atom. The fourth-order valence-corrected chi connectivity index (χ4v) is 3.11. The normalized spacial score (nSPS) is 17.2. The van der Waals surface area contributed by atoms with Gasteiger partial charge in [0.1, 0.15) is 5.75 Å². The van der Waals surface area contributed by atoms with Crippen molar-refractivity contribution < 1.29 is 9.53 Å². The summed E-state index contributed by atoms with van der Waals surface area (Å²) in [5.41, 5.74) is 2.69. The molecule has 0 aliphatic carbocycles. The number of hydrogen-bond acceptors (Lipinski definition) is 5. The van der Waals surface area contributed by atoms with Crippen molar-refractivity contribution in [3.05, 3.63) is 41.6 Å². The van der Waals surface area contributed by atoms with E-state index >= 15 is 0 Å². The van der Waals surface area contributed by atoms with E-state index in [4.69, 9.17) is 4.74 Å². The first-order chi connectivity index (χ1) is 12.1. The molecule has 1 amide bonds. The van der Waals surface area contributed by atoms with Gasteiger partial charge in [-0.2, -0.15) is 5.10 Å². The van der Waals surface area contributed by atoms with Crippen molar-refractivity contribution in [2.24, 2.45) is 5.92 Å². The summed E-state index contributed by atoms with van der Waals surface area (Å²) in [6.45, 7) is 5.46. The number of hydrogen-bond donors (Lipinski definition) is 1. The molecule has 0 saturated carbocycles. The minimum atomic E-state index is -0.0814. The van der Waals surface area contributed by atoms with Gasteiger partial charge in [-0.1, -0.05) is 6.07 Å². The molecule has 1 atom stereocenters. The zero-order valence-electron chi connectivity index (χ0n) is 15.0. The van der Waals surface area contributed by atoms with Crippen LogP contribution in [0.15, 0.2) is 30.3 Å². The molecule has 0 radical (unpaired) electrons. The van der Waals surface area contributed by atoms with Gasteiger partial charge in [-0.3, -0.25) is 4.79 Å². The summed E-state index contributed by atoms with van der Waals surface area (Å²) in [5.74, 6) is 1.45. The average Bonchev–Trinajstić information content (AvgIpc) is 2.62. The van der Waals surface area contributed by atoms with Crippen molar-refractivity contribution in [2.45, 2.75) is 26.7 Å². The second-order valence-electron chi connectivity index (χ2n) is 6.51. The number of nitrogens with one attached hydrogen (secondary N) is 1. The highest BCUT2D eigenvalue weighted by Crippen LogP contribution is 2.27. The van der Waals surface area contributed by atoms with E-state index in [9.17, 15) is 4.79 Å². The Morgan fingerprint density at radius 3 is 2.80 bits per heavy atom. The third-order valence-electron chi connectivity index (χ3n) is 4.51. The molecule has 1 unspecified atom stereocenters. The van der Waals surface area contributed by atoms with Gasteiger partial charge in [0.05, 0.1) is 24.4 Å². The lowest BCUT2D eigenvalue weighted by atomic mass is 9.97. The zero-order valence-corrected chi connectivity index (χ0v) is 15.0. The Kier molecular flexibility index (Phi) is 5.16. The van der Waals surface area contributed by atoms with Crippen molar-refractivity contribution in [2.75, 3.05) is 30.4 Å². The number of ether oxygens (including phenoxy) is 1. The van der Waals surface area contributed by atoms with Gasteiger partial charge in [-0.15, -0.1) is 5.10 Å². The molecule has 1 aliphatic heterocycles. The van der Waals surface area contributed by atoms with Gasteiger partial charge in [0.2, 0.25) is 5.91 Å². The summed E-state index contributed by atoms with van der Waals surface area (Å²) in [6, 6.07) is 9.69. The Labute approximate surface area is 148 Å². The van der Waals surface area contributed by atoms with Gasteiger partial charge in [0, 0.05) is 13.1 Å². The van der Waals surface area contributed by atoms with Gasteiger partial charge in [0.15, 0.2) is 5.82 Å². The maximum atomic E-state index is 12.7. The molecule has 0 bridgehead atoms. The number of amides is 1. The molecule has 6 heteroatoms. The zero-order chi connectivity index (χ0) is 17.8. The highest BCUT2D eigenvalue weighted by atomic mass is 16.5. The lowest BCUT2D eigenvalue weighted by molar-refractivity contribution is -0.120. The highest BCUT2D eigenvalue weighted by Gasteiger charge is 2.27. The van der Waals surface area contributed by atoms with Crippen LogP contribution in [0.5, 0.6) is 5.75 Å². The van der Waals surface area contributed by atoms with Gasteiger partial charge in [-0.25, -0.2) is 0 Å². The number of rotatable bonds is 4. The Bertz CT molecular complexity index is 746. The molecule has 1 aromatic carbocycles. The first-order valence-corrected chi connectivity index (χ1v) is 8.57. The van der Waals surface area contributed by atoms with Gasteiger partial charge >= 0.3 is 0 Å². The summed E-state index contributed by atoms with van der Waals surface area (Å²) in [6.07, 6.45) is 1.83. The fourth-order valence-electron chi connectivity index (χ4n) is 3.11. The molecule has 1 fully saturated rings. The number of aryl methyl sites for hydroxylation is 2. The van der Waals surface area contributed by atoms with Gasteiger partial charge in [0.25, 0.3) is 0 Å². The summed E-state index contributed by atoms with van der Waals surface area (Å²) >= 11 is 0. The van der Waals surface area contributed by atoms with E-state index in [1.54, 1.807) is 7.11 Å². The monoisotopic (exact) mass is 340 g/mol. The number of methoxy groups -OCH3 is 1. The topological polar surface area (TPSA) is 67.3 Å². The van der Waals surface area contributed by atoms with Crippen LogP contribution in [-0.4, -0.2) is 36.3 Å². The molecule has 2 aromatic rings. The van der Waals surface area contributed by atoms with Crippen molar-refractivity contribution in [3.8, 4) is 5.75 Å². The van der Waals surface area contributed by atoms with Crippen LogP contribution in [0.1, 0.15) is 24.1 Å². The average molecular weight is 340 g/mol. The van der Waals surface area contributed by atoms with E-state index < -0.39 is 0 Å². The van der Waals surface area contributed by atoms with E-state index in [0.29, 0.717) is 12.3 Å². The molecule has 3 rings (SSSR count). The summed E-state index contributed by atoms with van der Waals surface area (Å²) < 4.78 is 5.35. The Morgan fingerprint density at radius 2 is 2.08 bits per heavy atom. The first-order valence-electron chi connectivity index (χ1n) is 8.57. The predicted octanol–water partition coefficient (Wildman–Crippen LogP) is 2.96. The maximum Gasteiger partial charge on any atom is 0.229 e. The van der Waals surface area contributed by atoms with E-state index in [-0.39, 0.29) is 11.8 Å². The SMILES string of the molecule is COc1ccc(C)cc1NC(=O)C1CCCN(c2ccc(C)nn2)C1. The highest BCUT2D eigenvalue weighted by molar-refractivity contribution is 5.94. The molecule has 2 heterocycles. The van der Waals surface area contributed by atoms with Crippen LogP contribution < -0.4 is 15.0 Å². The molecule has 1 aliphatic rings. The van der Waals surface area contributed by atoms with Gasteiger partial charge in [-0.05, 0) is 56.5 Å². The minimum Gasteiger partial charge on any atom is -0.495 e. The van der Waals surface area contributed by atoms with Crippen molar-refractivity contribution >= 4 is 17.4 Å². The molecule has 6 nitrogen and oxygen atoms in total. The molecule has 132 valence electrons. The lowest BCUT2D eigenvalue weighted by Crippen LogP contribution is -2.41. The summed E-state index contributed by atoms with van der Waals surface area (Å²) in [7, 11) is 1.61. The van der Waals surface area contributed by atoms with Crippen molar-refractivity contribution in [1.82, 2.24) is 10.2 Å².